The van der Waals surface area contributed by atoms with Crippen molar-refractivity contribution in [3.8, 4) is 5.75 Å². The molecule has 0 spiro atoms. The fourth-order valence-corrected chi connectivity index (χ4v) is 3.18. The quantitative estimate of drug-likeness (QED) is 0.881. The maximum atomic E-state index is 6.46. The molecule has 1 fully saturated rings. The van der Waals surface area contributed by atoms with Gasteiger partial charge in [0.05, 0.1) is 12.3 Å². The van der Waals surface area contributed by atoms with E-state index in [4.69, 9.17) is 10.5 Å². The molecule has 1 aromatic heterocycles. The highest BCUT2D eigenvalue weighted by atomic mass is 16.5. The highest BCUT2D eigenvalue weighted by molar-refractivity contribution is 5.26. The Morgan fingerprint density at radius 1 is 1.25 bits per heavy atom. The number of hydrogen-bond donors (Lipinski definition) is 1. The van der Waals surface area contributed by atoms with E-state index in [1.54, 1.807) is 6.20 Å². The third-order valence-corrected chi connectivity index (χ3v) is 4.47. The molecule has 112 valence electrons. The standard InChI is InChI=1S/C17H28N2O/c1-4-13-5-7-14(8-6-13)17(18)15-9-16(11-19-10-15)20-12(2)3/h9-14,17H,4-8,18H2,1-3H3. The van der Waals surface area contributed by atoms with Crippen molar-refractivity contribution < 1.29 is 4.74 Å². The summed E-state index contributed by atoms with van der Waals surface area (Å²) in [5.41, 5.74) is 7.57. The Morgan fingerprint density at radius 3 is 2.55 bits per heavy atom. The van der Waals surface area contributed by atoms with Crippen molar-refractivity contribution in [2.75, 3.05) is 0 Å². The Hall–Kier alpha value is -1.09. The molecular weight excluding hydrogens is 248 g/mol. The number of rotatable bonds is 5. The van der Waals surface area contributed by atoms with Crippen LogP contribution in [0.5, 0.6) is 5.75 Å². The van der Waals surface area contributed by atoms with Crippen LogP contribution in [0.2, 0.25) is 0 Å². The molecule has 0 bridgehead atoms. The summed E-state index contributed by atoms with van der Waals surface area (Å²) in [5, 5.41) is 0. The highest BCUT2D eigenvalue weighted by Gasteiger charge is 2.26. The van der Waals surface area contributed by atoms with Crippen LogP contribution in [0.1, 0.15) is 64.5 Å². The zero-order valence-corrected chi connectivity index (χ0v) is 13.0. The average Bonchev–Trinajstić information content (AvgIpc) is 2.46. The van der Waals surface area contributed by atoms with E-state index in [9.17, 15) is 0 Å². The summed E-state index contributed by atoms with van der Waals surface area (Å²) in [7, 11) is 0. The predicted molar refractivity (Wildman–Crippen MR) is 82.7 cm³/mol. The molecule has 20 heavy (non-hydrogen) atoms. The van der Waals surface area contributed by atoms with Gasteiger partial charge < -0.3 is 10.5 Å². The van der Waals surface area contributed by atoms with E-state index in [0.717, 1.165) is 17.2 Å². The summed E-state index contributed by atoms with van der Waals surface area (Å²) in [4.78, 5) is 4.28. The summed E-state index contributed by atoms with van der Waals surface area (Å²) >= 11 is 0. The second-order valence-corrected chi connectivity index (χ2v) is 6.34. The van der Waals surface area contributed by atoms with E-state index in [1.807, 2.05) is 20.0 Å². The second kappa shape index (κ2) is 7.07. The van der Waals surface area contributed by atoms with Crippen LogP contribution in [0.25, 0.3) is 0 Å². The van der Waals surface area contributed by atoms with Crippen LogP contribution >= 0.6 is 0 Å². The van der Waals surface area contributed by atoms with Gasteiger partial charge in [-0.15, -0.1) is 0 Å². The molecular formula is C17H28N2O. The molecule has 3 nitrogen and oxygen atoms in total. The van der Waals surface area contributed by atoms with Crippen LogP contribution in [-0.2, 0) is 0 Å². The Labute approximate surface area is 122 Å². The fourth-order valence-electron chi connectivity index (χ4n) is 3.18. The van der Waals surface area contributed by atoms with Gasteiger partial charge in [-0.2, -0.15) is 0 Å². The monoisotopic (exact) mass is 276 g/mol. The Morgan fingerprint density at radius 2 is 1.95 bits per heavy atom. The van der Waals surface area contributed by atoms with E-state index in [-0.39, 0.29) is 12.1 Å². The van der Waals surface area contributed by atoms with E-state index >= 15 is 0 Å². The molecule has 1 saturated carbocycles. The van der Waals surface area contributed by atoms with Crippen molar-refractivity contribution in [2.45, 2.75) is 65.0 Å². The lowest BCUT2D eigenvalue weighted by molar-refractivity contribution is 0.234. The summed E-state index contributed by atoms with van der Waals surface area (Å²) in [6.45, 7) is 6.35. The molecule has 1 unspecified atom stereocenters. The van der Waals surface area contributed by atoms with Gasteiger partial charge in [0.2, 0.25) is 0 Å². The molecule has 1 atom stereocenters. The van der Waals surface area contributed by atoms with Crippen molar-refractivity contribution in [1.29, 1.82) is 0 Å². The SMILES string of the molecule is CCC1CCC(C(N)c2cncc(OC(C)C)c2)CC1. The minimum atomic E-state index is 0.0935. The summed E-state index contributed by atoms with van der Waals surface area (Å²) in [6.07, 6.45) is 10.3. The topological polar surface area (TPSA) is 48.1 Å². The lowest BCUT2D eigenvalue weighted by atomic mass is 9.76. The smallest absolute Gasteiger partial charge is 0.138 e. The van der Waals surface area contributed by atoms with Gasteiger partial charge in [-0.25, -0.2) is 0 Å². The van der Waals surface area contributed by atoms with E-state index in [2.05, 4.69) is 18.0 Å². The van der Waals surface area contributed by atoms with E-state index < -0.39 is 0 Å². The molecule has 1 heterocycles. The van der Waals surface area contributed by atoms with Gasteiger partial charge in [-0.05, 0) is 50.2 Å². The van der Waals surface area contributed by atoms with Gasteiger partial charge in [-0.1, -0.05) is 26.2 Å². The molecule has 2 N–H and O–H groups in total. The molecule has 1 aromatic rings. The van der Waals surface area contributed by atoms with E-state index in [0.29, 0.717) is 5.92 Å². The third-order valence-electron chi connectivity index (χ3n) is 4.47. The minimum absolute atomic E-state index is 0.0935. The van der Waals surface area contributed by atoms with Gasteiger partial charge in [0, 0.05) is 12.2 Å². The first-order valence-corrected chi connectivity index (χ1v) is 7.97. The van der Waals surface area contributed by atoms with Crippen LogP contribution in [-0.4, -0.2) is 11.1 Å². The molecule has 2 rings (SSSR count). The Balaban J connectivity index is 2.00. The van der Waals surface area contributed by atoms with Crippen molar-refractivity contribution in [1.82, 2.24) is 4.98 Å². The van der Waals surface area contributed by atoms with Gasteiger partial charge in [0.25, 0.3) is 0 Å². The number of nitrogens with two attached hydrogens (primary N) is 1. The van der Waals surface area contributed by atoms with Crippen LogP contribution in [0, 0.1) is 11.8 Å². The average molecular weight is 276 g/mol. The number of pyridine rings is 1. The molecule has 0 saturated heterocycles. The van der Waals surface area contributed by atoms with Crippen LogP contribution < -0.4 is 10.5 Å². The Bertz CT molecular complexity index is 411. The highest BCUT2D eigenvalue weighted by Crippen LogP contribution is 2.37. The first kappa shape index (κ1) is 15.3. The summed E-state index contributed by atoms with van der Waals surface area (Å²) < 4.78 is 5.71. The maximum absolute atomic E-state index is 6.46. The fraction of sp³-hybridized carbons (Fsp3) is 0.706. The lowest BCUT2D eigenvalue weighted by Crippen LogP contribution is -2.26. The molecule has 0 amide bonds. The van der Waals surface area contributed by atoms with Crippen molar-refractivity contribution >= 4 is 0 Å². The first-order chi connectivity index (χ1) is 9.60. The van der Waals surface area contributed by atoms with Gasteiger partial charge in [-0.3, -0.25) is 4.98 Å². The lowest BCUT2D eigenvalue weighted by Gasteiger charge is -2.31. The largest absolute Gasteiger partial charge is 0.489 e. The number of ether oxygens (including phenoxy) is 1. The van der Waals surface area contributed by atoms with Crippen molar-refractivity contribution in [3.63, 3.8) is 0 Å². The molecule has 0 aliphatic heterocycles. The number of aromatic nitrogens is 1. The molecule has 1 aliphatic carbocycles. The molecule has 0 radical (unpaired) electrons. The van der Waals surface area contributed by atoms with Crippen LogP contribution in [0.15, 0.2) is 18.5 Å². The zero-order valence-electron chi connectivity index (χ0n) is 13.0. The van der Waals surface area contributed by atoms with Gasteiger partial charge in [0.1, 0.15) is 5.75 Å². The molecule has 0 aromatic carbocycles. The Kier molecular flexibility index (Phi) is 5.41. The minimum Gasteiger partial charge on any atom is -0.489 e. The zero-order chi connectivity index (χ0) is 14.5. The van der Waals surface area contributed by atoms with Crippen LogP contribution in [0.3, 0.4) is 0 Å². The molecule has 1 aliphatic rings. The van der Waals surface area contributed by atoms with Crippen molar-refractivity contribution in [3.05, 3.63) is 24.0 Å². The number of nitrogens with zero attached hydrogens (tertiary/aromatic N) is 1. The maximum Gasteiger partial charge on any atom is 0.138 e. The number of hydrogen-bond acceptors (Lipinski definition) is 3. The second-order valence-electron chi connectivity index (χ2n) is 6.34. The van der Waals surface area contributed by atoms with E-state index in [1.165, 1.54) is 32.1 Å². The van der Waals surface area contributed by atoms with Crippen molar-refractivity contribution in [2.24, 2.45) is 17.6 Å². The normalized spacial score (nSPS) is 24.6. The summed E-state index contributed by atoms with van der Waals surface area (Å²) in [5.74, 6) is 2.33. The third kappa shape index (κ3) is 3.95. The van der Waals surface area contributed by atoms with Gasteiger partial charge >= 0.3 is 0 Å². The first-order valence-electron chi connectivity index (χ1n) is 7.97. The predicted octanol–water partition coefficient (Wildman–Crippen LogP) is 4.09. The van der Waals surface area contributed by atoms with Gasteiger partial charge in [0.15, 0.2) is 0 Å². The molecule has 3 heteroatoms. The van der Waals surface area contributed by atoms with Crippen LogP contribution in [0.4, 0.5) is 0 Å². The summed E-state index contributed by atoms with van der Waals surface area (Å²) in [6, 6.07) is 2.15.